The number of esters is 1. The first-order valence-electron chi connectivity index (χ1n) is 12.5. The Hall–Kier alpha value is -3.25. The topological polar surface area (TPSA) is 145 Å². The molecule has 1 aromatic carbocycles. The van der Waals surface area contributed by atoms with Crippen molar-refractivity contribution < 1.29 is 22.7 Å². The minimum Gasteiger partial charge on any atom is -0.493 e. The summed E-state index contributed by atoms with van der Waals surface area (Å²) in [5.74, 6) is 0.193. The van der Waals surface area contributed by atoms with Crippen molar-refractivity contribution in [2.45, 2.75) is 70.7 Å². The largest absolute Gasteiger partial charge is 0.493 e. The standard InChI is InChI=1S/C25H35N5O6S/c1-6-9-20-22-23(30(5)28-20)25(32)27-24(26-22)19-15-18(10-11-21(19)36-13-7-2)37(33,34)29-17(8-3)12-14-35-16(4)31/h10-11,15,17,29H,6-9,12-14H2,1-5H3,(H,26,27,32). The lowest BCUT2D eigenvalue weighted by atomic mass is 10.1. The van der Waals surface area contributed by atoms with E-state index >= 15 is 0 Å². The molecule has 2 N–H and O–H groups in total. The molecule has 0 spiro atoms. The van der Waals surface area contributed by atoms with Crippen molar-refractivity contribution in [1.82, 2.24) is 24.5 Å². The summed E-state index contributed by atoms with van der Waals surface area (Å²) in [6.07, 6.45) is 3.07. The zero-order valence-corrected chi connectivity index (χ0v) is 22.8. The SMILES string of the molecule is CCCOc1ccc(S(=O)(=O)NC(CC)CCOC(C)=O)cc1-c1nc2c(CCC)nn(C)c2c(=O)[nH]1. The second-order valence-electron chi connectivity index (χ2n) is 8.79. The number of aryl methyl sites for hydroxylation is 2. The van der Waals surface area contributed by atoms with Gasteiger partial charge in [0.2, 0.25) is 10.0 Å². The Kier molecular flexibility index (Phi) is 9.44. The number of rotatable bonds is 13. The van der Waals surface area contributed by atoms with E-state index in [-0.39, 0.29) is 22.9 Å². The van der Waals surface area contributed by atoms with E-state index in [1.54, 1.807) is 13.1 Å². The van der Waals surface area contributed by atoms with E-state index in [1.807, 2.05) is 20.8 Å². The molecule has 0 aliphatic carbocycles. The minimum atomic E-state index is -3.94. The number of benzene rings is 1. The normalized spacial score (nSPS) is 12.6. The van der Waals surface area contributed by atoms with E-state index in [0.29, 0.717) is 53.9 Å². The van der Waals surface area contributed by atoms with Crippen molar-refractivity contribution in [1.29, 1.82) is 0 Å². The number of aromatic amines is 1. The third-order valence-corrected chi connectivity index (χ3v) is 7.33. The molecule has 12 heteroatoms. The Balaban J connectivity index is 2.06. The van der Waals surface area contributed by atoms with Crippen LogP contribution in [0.15, 0.2) is 27.9 Å². The first kappa shape index (κ1) is 28.3. The number of sulfonamides is 1. The monoisotopic (exact) mass is 533 g/mol. The van der Waals surface area contributed by atoms with E-state index < -0.39 is 22.0 Å². The molecule has 0 saturated carbocycles. The van der Waals surface area contributed by atoms with Gasteiger partial charge < -0.3 is 14.5 Å². The zero-order chi connectivity index (χ0) is 27.2. The maximum absolute atomic E-state index is 13.3. The lowest BCUT2D eigenvalue weighted by Gasteiger charge is -2.18. The average Bonchev–Trinajstić information content (AvgIpc) is 3.17. The Morgan fingerprint density at radius 1 is 1.19 bits per heavy atom. The molecule has 11 nitrogen and oxygen atoms in total. The second-order valence-corrected chi connectivity index (χ2v) is 10.5. The Morgan fingerprint density at radius 2 is 1.95 bits per heavy atom. The Bertz CT molecular complexity index is 1410. The van der Waals surface area contributed by atoms with Gasteiger partial charge in [-0.25, -0.2) is 18.1 Å². The van der Waals surface area contributed by atoms with Crippen LogP contribution < -0.4 is 15.0 Å². The number of nitrogens with one attached hydrogen (secondary N) is 2. The molecule has 2 aromatic heterocycles. The van der Waals surface area contributed by atoms with Gasteiger partial charge in [-0.2, -0.15) is 5.10 Å². The molecule has 0 amide bonds. The third-order valence-electron chi connectivity index (χ3n) is 5.81. The van der Waals surface area contributed by atoms with Crippen LogP contribution in [0.2, 0.25) is 0 Å². The van der Waals surface area contributed by atoms with Crippen molar-refractivity contribution in [2.24, 2.45) is 7.05 Å². The molecule has 1 unspecified atom stereocenters. The molecule has 37 heavy (non-hydrogen) atoms. The highest BCUT2D eigenvalue weighted by Gasteiger charge is 2.23. The van der Waals surface area contributed by atoms with Gasteiger partial charge in [0.15, 0.2) is 5.52 Å². The number of carbonyl (C=O) groups is 1. The molecular weight excluding hydrogens is 498 g/mol. The third kappa shape index (κ3) is 6.75. The van der Waals surface area contributed by atoms with E-state index in [0.717, 1.165) is 12.8 Å². The summed E-state index contributed by atoms with van der Waals surface area (Å²) in [5, 5.41) is 4.45. The lowest BCUT2D eigenvalue weighted by molar-refractivity contribution is -0.141. The van der Waals surface area contributed by atoms with Gasteiger partial charge in [-0.1, -0.05) is 27.2 Å². The smallest absolute Gasteiger partial charge is 0.302 e. The number of hydrogen-bond acceptors (Lipinski definition) is 8. The highest BCUT2D eigenvalue weighted by Crippen LogP contribution is 2.31. The number of carbonyl (C=O) groups excluding carboxylic acids is 1. The van der Waals surface area contributed by atoms with Crippen LogP contribution in [0.25, 0.3) is 22.4 Å². The predicted molar refractivity (Wildman–Crippen MR) is 140 cm³/mol. The number of hydrogen-bond donors (Lipinski definition) is 2. The van der Waals surface area contributed by atoms with Gasteiger partial charge in [0, 0.05) is 20.0 Å². The minimum absolute atomic E-state index is 0.000000919. The van der Waals surface area contributed by atoms with Crippen molar-refractivity contribution in [3.05, 3.63) is 34.2 Å². The molecule has 0 bridgehead atoms. The van der Waals surface area contributed by atoms with Gasteiger partial charge in [-0.05, 0) is 43.9 Å². The van der Waals surface area contributed by atoms with Crippen LogP contribution in [0.3, 0.4) is 0 Å². The van der Waals surface area contributed by atoms with Gasteiger partial charge in [0.1, 0.15) is 17.1 Å². The highest BCUT2D eigenvalue weighted by atomic mass is 32.2. The molecule has 202 valence electrons. The first-order valence-corrected chi connectivity index (χ1v) is 14.0. The van der Waals surface area contributed by atoms with Crippen molar-refractivity contribution in [3.63, 3.8) is 0 Å². The van der Waals surface area contributed by atoms with Crippen LogP contribution in [-0.2, 0) is 33.0 Å². The van der Waals surface area contributed by atoms with Crippen LogP contribution in [0.4, 0.5) is 0 Å². The predicted octanol–water partition coefficient (Wildman–Crippen LogP) is 3.08. The number of nitrogens with zero attached hydrogens (tertiary/aromatic N) is 3. The van der Waals surface area contributed by atoms with Crippen LogP contribution in [0.1, 0.15) is 59.1 Å². The number of fused-ring (bicyclic) bond motifs is 1. The van der Waals surface area contributed by atoms with Crippen molar-refractivity contribution >= 4 is 27.0 Å². The molecule has 3 aromatic rings. The fourth-order valence-electron chi connectivity index (χ4n) is 3.96. The summed E-state index contributed by atoms with van der Waals surface area (Å²) in [5.41, 5.74) is 1.52. The summed E-state index contributed by atoms with van der Waals surface area (Å²) in [4.78, 5) is 31.5. The van der Waals surface area contributed by atoms with E-state index in [2.05, 4.69) is 19.8 Å². The van der Waals surface area contributed by atoms with E-state index in [9.17, 15) is 18.0 Å². The molecule has 3 rings (SSSR count). The van der Waals surface area contributed by atoms with Crippen LogP contribution in [-0.4, -0.2) is 53.4 Å². The summed E-state index contributed by atoms with van der Waals surface area (Å²) in [7, 11) is -2.24. The first-order chi connectivity index (χ1) is 17.6. The van der Waals surface area contributed by atoms with Crippen LogP contribution in [0.5, 0.6) is 5.75 Å². The van der Waals surface area contributed by atoms with Gasteiger partial charge in [0.05, 0.1) is 29.4 Å². The lowest BCUT2D eigenvalue weighted by Crippen LogP contribution is -2.35. The quantitative estimate of drug-likeness (QED) is 0.319. The Morgan fingerprint density at radius 3 is 2.59 bits per heavy atom. The van der Waals surface area contributed by atoms with Gasteiger partial charge in [-0.3, -0.25) is 14.3 Å². The molecule has 0 saturated heterocycles. The molecule has 0 radical (unpaired) electrons. The summed E-state index contributed by atoms with van der Waals surface area (Å²) >= 11 is 0. The molecule has 2 heterocycles. The molecular formula is C25H35N5O6S. The average molecular weight is 534 g/mol. The van der Waals surface area contributed by atoms with Crippen molar-refractivity contribution in [3.8, 4) is 17.1 Å². The van der Waals surface area contributed by atoms with Gasteiger partial charge >= 0.3 is 5.97 Å². The zero-order valence-electron chi connectivity index (χ0n) is 22.0. The molecule has 0 aliphatic rings. The molecule has 1 atom stereocenters. The second kappa shape index (κ2) is 12.3. The number of H-pyrrole nitrogens is 1. The maximum Gasteiger partial charge on any atom is 0.302 e. The fourth-order valence-corrected chi connectivity index (χ4v) is 5.34. The van der Waals surface area contributed by atoms with E-state index in [1.165, 1.54) is 23.7 Å². The summed E-state index contributed by atoms with van der Waals surface area (Å²) < 4.78 is 41.6. The fraction of sp³-hybridized carbons (Fsp3) is 0.520. The van der Waals surface area contributed by atoms with Crippen molar-refractivity contribution in [2.75, 3.05) is 13.2 Å². The highest BCUT2D eigenvalue weighted by molar-refractivity contribution is 7.89. The van der Waals surface area contributed by atoms with Crippen LogP contribution in [0, 0.1) is 0 Å². The molecule has 0 aliphatic heterocycles. The Labute approximate surface area is 216 Å². The summed E-state index contributed by atoms with van der Waals surface area (Å²) in [6.45, 7) is 7.65. The maximum atomic E-state index is 13.3. The van der Waals surface area contributed by atoms with Crippen LogP contribution >= 0.6 is 0 Å². The molecule has 0 fully saturated rings. The number of aromatic nitrogens is 4. The van der Waals surface area contributed by atoms with E-state index in [4.69, 9.17) is 9.47 Å². The summed E-state index contributed by atoms with van der Waals surface area (Å²) in [6, 6.07) is 4.05. The number of ether oxygens (including phenoxy) is 2. The van der Waals surface area contributed by atoms with Gasteiger partial charge in [0.25, 0.3) is 5.56 Å². The van der Waals surface area contributed by atoms with Gasteiger partial charge in [-0.15, -0.1) is 0 Å².